The Hall–Kier alpha value is -1.37. The molecule has 1 aromatic heterocycles. The van der Waals surface area contributed by atoms with Gasteiger partial charge in [-0.2, -0.15) is 13.2 Å². The fourth-order valence-corrected chi connectivity index (χ4v) is 1.94. The first-order chi connectivity index (χ1) is 8.36. The van der Waals surface area contributed by atoms with Gasteiger partial charge in [-0.25, -0.2) is 9.97 Å². The lowest BCUT2D eigenvalue weighted by atomic mass is 10.1. The Bertz CT molecular complexity index is 425. The van der Waals surface area contributed by atoms with Crippen LogP contribution in [0.25, 0.3) is 0 Å². The third kappa shape index (κ3) is 2.90. The van der Waals surface area contributed by atoms with Gasteiger partial charge in [0, 0.05) is 24.8 Å². The van der Waals surface area contributed by atoms with Crippen LogP contribution in [0.4, 0.5) is 19.1 Å². The summed E-state index contributed by atoms with van der Waals surface area (Å²) in [5.41, 5.74) is 5.19. The SMILES string of the molecule is Cc1cc(C(F)(F)F)nc(N2CCC(N)CC2)n1. The van der Waals surface area contributed by atoms with E-state index in [-0.39, 0.29) is 12.0 Å². The van der Waals surface area contributed by atoms with E-state index in [9.17, 15) is 13.2 Å². The van der Waals surface area contributed by atoms with E-state index in [1.807, 2.05) is 0 Å². The molecule has 0 bridgehead atoms. The number of halogens is 3. The van der Waals surface area contributed by atoms with Gasteiger partial charge in [0.15, 0.2) is 0 Å². The zero-order valence-corrected chi connectivity index (χ0v) is 10.0. The summed E-state index contributed by atoms with van der Waals surface area (Å²) in [7, 11) is 0. The maximum absolute atomic E-state index is 12.6. The van der Waals surface area contributed by atoms with Crippen LogP contribution in [0.1, 0.15) is 24.2 Å². The van der Waals surface area contributed by atoms with E-state index in [1.165, 1.54) is 6.92 Å². The maximum Gasteiger partial charge on any atom is 0.433 e. The normalized spacial score (nSPS) is 18.2. The van der Waals surface area contributed by atoms with Crippen molar-refractivity contribution in [1.82, 2.24) is 9.97 Å². The predicted octanol–water partition coefficient (Wildman–Crippen LogP) is 1.73. The van der Waals surface area contributed by atoms with Crippen molar-refractivity contribution < 1.29 is 13.2 Å². The van der Waals surface area contributed by atoms with Gasteiger partial charge in [0.25, 0.3) is 0 Å². The predicted molar refractivity (Wildman–Crippen MR) is 61.2 cm³/mol. The smallest absolute Gasteiger partial charge is 0.341 e. The molecule has 0 spiro atoms. The molecular formula is C11H15F3N4. The molecule has 0 amide bonds. The fourth-order valence-electron chi connectivity index (χ4n) is 1.94. The van der Waals surface area contributed by atoms with E-state index >= 15 is 0 Å². The molecule has 1 aliphatic heterocycles. The summed E-state index contributed by atoms with van der Waals surface area (Å²) in [6, 6.07) is 1.08. The molecule has 1 saturated heterocycles. The fraction of sp³-hybridized carbons (Fsp3) is 0.636. The quantitative estimate of drug-likeness (QED) is 0.835. The summed E-state index contributed by atoms with van der Waals surface area (Å²) in [6.45, 7) is 2.74. The van der Waals surface area contributed by atoms with Crippen LogP contribution >= 0.6 is 0 Å². The highest BCUT2D eigenvalue weighted by atomic mass is 19.4. The first kappa shape index (κ1) is 13.1. The molecule has 0 unspecified atom stereocenters. The van der Waals surface area contributed by atoms with Crippen LogP contribution in [0.5, 0.6) is 0 Å². The Morgan fingerprint density at radius 1 is 1.28 bits per heavy atom. The van der Waals surface area contributed by atoms with Crippen molar-refractivity contribution >= 4 is 5.95 Å². The van der Waals surface area contributed by atoms with Gasteiger partial charge in [-0.05, 0) is 25.8 Å². The minimum atomic E-state index is -4.44. The van der Waals surface area contributed by atoms with Gasteiger partial charge < -0.3 is 10.6 Å². The number of hydrogen-bond donors (Lipinski definition) is 1. The molecule has 1 fully saturated rings. The van der Waals surface area contributed by atoms with Gasteiger partial charge in [-0.1, -0.05) is 0 Å². The van der Waals surface area contributed by atoms with Crippen LogP contribution in [0.15, 0.2) is 6.07 Å². The highest BCUT2D eigenvalue weighted by Crippen LogP contribution is 2.29. The monoisotopic (exact) mass is 260 g/mol. The van der Waals surface area contributed by atoms with Gasteiger partial charge in [0.05, 0.1) is 0 Å². The Kier molecular flexibility index (Phi) is 3.43. The first-order valence-electron chi connectivity index (χ1n) is 5.79. The number of aromatic nitrogens is 2. The number of anilines is 1. The summed E-state index contributed by atoms with van der Waals surface area (Å²) in [4.78, 5) is 9.43. The number of nitrogens with zero attached hydrogens (tertiary/aromatic N) is 3. The second-order valence-corrected chi connectivity index (χ2v) is 4.52. The van der Waals surface area contributed by atoms with E-state index in [0.29, 0.717) is 18.8 Å². The minimum absolute atomic E-state index is 0.119. The first-order valence-corrected chi connectivity index (χ1v) is 5.79. The molecule has 4 nitrogen and oxygen atoms in total. The average Bonchev–Trinajstić information content (AvgIpc) is 2.28. The number of hydrogen-bond acceptors (Lipinski definition) is 4. The molecule has 7 heteroatoms. The zero-order valence-electron chi connectivity index (χ0n) is 10.0. The Labute approximate surface area is 103 Å². The highest BCUT2D eigenvalue weighted by molar-refractivity contribution is 5.33. The lowest BCUT2D eigenvalue weighted by molar-refractivity contribution is -0.141. The van der Waals surface area contributed by atoms with E-state index in [2.05, 4.69) is 9.97 Å². The number of rotatable bonds is 1. The molecule has 0 radical (unpaired) electrons. The largest absolute Gasteiger partial charge is 0.433 e. The molecule has 2 rings (SSSR count). The molecule has 0 atom stereocenters. The van der Waals surface area contributed by atoms with Crippen molar-refractivity contribution in [2.45, 2.75) is 32.0 Å². The third-order valence-electron chi connectivity index (χ3n) is 2.96. The molecule has 1 aliphatic rings. The van der Waals surface area contributed by atoms with E-state index in [4.69, 9.17) is 5.73 Å². The van der Waals surface area contributed by atoms with E-state index in [1.54, 1.807) is 4.90 Å². The summed E-state index contributed by atoms with van der Waals surface area (Å²) >= 11 is 0. The molecule has 1 aromatic rings. The molecule has 0 aliphatic carbocycles. The number of piperidine rings is 1. The van der Waals surface area contributed by atoms with Crippen LogP contribution < -0.4 is 10.6 Å². The van der Waals surface area contributed by atoms with Gasteiger partial charge in [-0.3, -0.25) is 0 Å². The van der Waals surface area contributed by atoms with Crippen molar-refractivity contribution in [2.24, 2.45) is 5.73 Å². The summed E-state index contributed by atoms with van der Waals surface area (Å²) in [6.07, 6.45) is -2.94. The van der Waals surface area contributed by atoms with Crippen LogP contribution in [0.3, 0.4) is 0 Å². The van der Waals surface area contributed by atoms with Gasteiger partial charge in [0.2, 0.25) is 5.95 Å². The molecule has 100 valence electrons. The minimum Gasteiger partial charge on any atom is -0.341 e. The Morgan fingerprint density at radius 3 is 2.44 bits per heavy atom. The van der Waals surface area contributed by atoms with Crippen molar-refractivity contribution in [2.75, 3.05) is 18.0 Å². The highest BCUT2D eigenvalue weighted by Gasteiger charge is 2.34. The van der Waals surface area contributed by atoms with Crippen LogP contribution in [-0.2, 0) is 6.18 Å². The summed E-state index contributed by atoms with van der Waals surface area (Å²) in [5.74, 6) is 0.147. The van der Waals surface area contributed by atoms with Crippen molar-refractivity contribution in [1.29, 1.82) is 0 Å². The number of nitrogens with two attached hydrogens (primary N) is 1. The molecule has 2 heterocycles. The summed E-state index contributed by atoms with van der Waals surface area (Å²) < 4.78 is 37.9. The van der Waals surface area contributed by atoms with E-state index < -0.39 is 11.9 Å². The molecule has 0 aromatic carbocycles. The number of alkyl halides is 3. The second-order valence-electron chi connectivity index (χ2n) is 4.52. The molecular weight excluding hydrogens is 245 g/mol. The zero-order chi connectivity index (χ0) is 13.3. The van der Waals surface area contributed by atoms with E-state index in [0.717, 1.165) is 18.9 Å². The van der Waals surface area contributed by atoms with Crippen LogP contribution in [0, 0.1) is 6.92 Å². The maximum atomic E-state index is 12.6. The van der Waals surface area contributed by atoms with Gasteiger partial charge in [-0.15, -0.1) is 0 Å². The van der Waals surface area contributed by atoms with Crippen molar-refractivity contribution in [3.63, 3.8) is 0 Å². The Balaban J connectivity index is 2.25. The molecule has 18 heavy (non-hydrogen) atoms. The topological polar surface area (TPSA) is 55.0 Å². The third-order valence-corrected chi connectivity index (χ3v) is 2.96. The lowest BCUT2D eigenvalue weighted by Gasteiger charge is -2.30. The average molecular weight is 260 g/mol. The Morgan fingerprint density at radius 2 is 1.89 bits per heavy atom. The van der Waals surface area contributed by atoms with Gasteiger partial charge >= 0.3 is 6.18 Å². The standard InChI is InChI=1S/C11H15F3N4/c1-7-6-9(11(12,13)14)17-10(16-7)18-4-2-8(15)3-5-18/h6,8H,2-5,15H2,1H3. The van der Waals surface area contributed by atoms with Crippen molar-refractivity contribution in [3.8, 4) is 0 Å². The van der Waals surface area contributed by atoms with Crippen LogP contribution in [0.2, 0.25) is 0 Å². The molecule has 0 saturated carbocycles. The van der Waals surface area contributed by atoms with Gasteiger partial charge in [0.1, 0.15) is 5.69 Å². The number of aryl methyl sites for hydroxylation is 1. The van der Waals surface area contributed by atoms with Crippen molar-refractivity contribution in [3.05, 3.63) is 17.5 Å². The molecule has 2 N–H and O–H groups in total. The second kappa shape index (κ2) is 4.72. The lowest BCUT2D eigenvalue weighted by Crippen LogP contribution is -2.40. The van der Waals surface area contributed by atoms with Crippen LogP contribution in [-0.4, -0.2) is 29.1 Å². The summed E-state index contributed by atoms with van der Waals surface area (Å²) in [5, 5.41) is 0.